The smallest absolute Gasteiger partial charge is 0.237 e. The van der Waals surface area contributed by atoms with E-state index in [-0.39, 0.29) is 17.8 Å². The third-order valence-corrected chi connectivity index (χ3v) is 2.67. The summed E-state index contributed by atoms with van der Waals surface area (Å²) in [4.78, 5) is 11.7. The monoisotopic (exact) mass is 238 g/mol. The van der Waals surface area contributed by atoms with Crippen LogP contribution in [0.4, 0.5) is 4.39 Å². The highest BCUT2D eigenvalue weighted by Gasteiger charge is 2.15. The lowest BCUT2D eigenvalue weighted by Crippen LogP contribution is -2.41. The molecule has 0 spiro atoms. The molecule has 1 aromatic carbocycles. The Morgan fingerprint density at radius 2 is 2.00 bits per heavy atom. The molecular formula is C13H19FN2O. The van der Waals surface area contributed by atoms with Gasteiger partial charge in [0.25, 0.3) is 0 Å². The maximum Gasteiger partial charge on any atom is 0.237 e. The molecule has 17 heavy (non-hydrogen) atoms. The average molecular weight is 238 g/mol. The van der Waals surface area contributed by atoms with E-state index in [4.69, 9.17) is 5.73 Å². The van der Waals surface area contributed by atoms with Gasteiger partial charge in [-0.3, -0.25) is 4.79 Å². The van der Waals surface area contributed by atoms with Gasteiger partial charge in [0.15, 0.2) is 0 Å². The number of halogens is 1. The summed E-state index contributed by atoms with van der Waals surface area (Å²) in [6.07, 6.45) is 1.54. The van der Waals surface area contributed by atoms with E-state index in [9.17, 15) is 9.18 Å². The third-order valence-electron chi connectivity index (χ3n) is 2.67. The Bertz CT molecular complexity index is 364. The molecule has 1 amide bonds. The minimum Gasteiger partial charge on any atom is -0.348 e. The zero-order valence-electron chi connectivity index (χ0n) is 10.2. The summed E-state index contributed by atoms with van der Waals surface area (Å²) in [5.41, 5.74) is 6.57. The van der Waals surface area contributed by atoms with Crippen LogP contribution in [0.25, 0.3) is 0 Å². The Kier molecular flexibility index (Phi) is 5.10. The molecule has 0 aromatic heterocycles. The second-order valence-corrected chi connectivity index (χ2v) is 4.18. The fourth-order valence-corrected chi connectivity index (χ4v) is 1.60. The number of hydrogen-bond donors (Lipinski definition) is 2. The number of hydrogen-bond acceptors (Lipinski definition) is 2. The van der Waals surface area contributed by atoms with Gasteiger partial charge in [0.1, 0.15) is 5.82 Å². The van der Waals surface area contributed by atoms with Crippen molar-refractivity contribution in [3.63, 3.8) is 0 Å². The predicted molar refractivity (Wildman–Crippen MR) is 65.8 cm³/mol. The second-order valence-electron chi connectivity index (χ2n) is 4.18. The number of nitrogens with one attached hydrogen (secondary N) is 1. The molecule has 94 valence electrons. The van der Waals surface area contributed by atoms with Crippen LogP contribution < -0.4 is 11.1 Å². The van der Waals surface area contributed by atoms with E-state index in [1.165, 1.54) is 12.1 Å². The molecule has 0 bridgehead atoms. The van der Waals surface area contributed by atoms with Gasteiger partial charge in [-0.25, -0.2) is 4.39 Å². The van der Waals surface area contributed by atoms with Crippen molar-refractivity contribution >= 4 is 5.91 Å². The van der Waals surface area contributed by atoms with Gasteiger partial charge >= 0.3 is 0 Å². The van der Waals surface area contributed by atoms with Crippen molar-refractivity contribution in [2.45, 2.75) is 38.8 Å². The van der Waals surface area contributed by atoms with Gasteiger partial charge in [0.2, 0.25) is 5.91 Å². The van der Waals surface area contributed by atoms with Gasteiger partial charge in [-0.1, -0.05) is 25.5 Å². The van der Waals surface area contributed by atoms with Crippen molar-refractivity contribution in [1.29, 1.82) is 0 Å². The van der Waals surface area contributed by atoms with Crippen molar-refractivity contribution in [3.8, 4) is 0 Å². The molecule has 3 nitrogen and oxygen atoms in total. The fourth-order valence-electron chi connectivity index (χ4n) is 1.60. The van der Waals surface area contributed by atoms with E-state index in [2.05, 4.69) is 5.32 Å². The van der Waals surface area contributed by atoms with E-state index in [1.54, 1.807) is 12.1 Å². The van der Waals surface area contributed by atoms with Crippen molar-refractivity contribution in [2.75, 3.05) is 0 Å². The van der Waals surface area contributed by atoms with Crippen molar-refractivity contribution in [1.82, 2.24) is 5.32 Å². The summed E-state index contributed by atoms with van der Waals surface area (Å²) in [6.45, 7) is 3.83. The second kappa shape index (κ2) is 6.35. The lowest BCUT2D eigenvalue weighted by molar-refractivity contribution is -0.123. The topological polar surface area (TPSA) is 55.1 Å². The van der Waals surface area contributed by atoms with Gasteiger partial charge in [-0.2, -0.15) is 0 Å². The molecule has 3 N–H and O–H groups in total. The number of rotatable bonds is 5. The van der Waals surface area contributed by atoms with E-state index < -0.39 is 6.04 Å². The third kappa shape index (κ3) is 4.15. The summed E-state index contributed by atoms with van der Waals surface area (Å²) < 4.78 is 12.7. The number of amides is 1. The molecule has 1 aromatic rings. The molecule has 4 heteroatoms. The Morgan fingerprint density at radius 3 is 2.53 bits per heavy atom. The zero-order chi connectivity index (χ0) is 12.8. The van der Waals surface area contributed by atoms with Gasteiger partial charge < -0.3 is 11.1 Å². The largest absolute Gasteiger partial charge is 0.348 e. The molecule has 0 saturated heterocycles. The fraction of sp³-hybridized carbons (Fsp3) is 0.462. The first-order valence-corrected chi connectivity index (χ1v) is 5.86. The minimum atomic E-state index is -0.470. The first-order chi connectivity index (χ1) is 8.04. The first-order valence-electron chi connectivity index (χ1n) is 5.86. The zero-order valence-corrected chi connectivity index (χ0v) is 10.2. The van der Waals surface area contributed by atoms with E-state index in [1.807, 2.05) is 13.8 Å². The summed E-state index contributed by atoms with van der Waals surface area (Å²) in [6, 6.07) is 5.44. The Morgan fingerprint density at radius 1 is 1.41 bits per heavy atom. The van der Waals surface area contributed by atoms with Crippen molar-refractivity contribution in [2.24, 2.45) is 5.73 Å². The molecule has 1 rings (SSSR count). The van der Waals surface area contributed by atoms with Crippen molar-refractivity contribution in [3.05, 3.63) is 35.6 Å². The van der Waals surface area contributed by atoms with E-state index in [0.29, 0.717) is 6.42 Å². The van der Waals surface area contributed by atoms with E-state index >= 15 is 0 Å². The van der Waals surface area contributed by atoms with Crippen LogP contribution in [0.3, 0.4) is 0 Å². The maximum absolute atomic E-state index is 12.7. The summed E-state index contributed by atoms with van der Waals surface area (Å²) >= 11 is 0. The number of nitrogens with two attached hydrogens (primary N) is 1. The van der Waals surface area contributed by atoms with Crippen LogP contribution in [-0.4, -0.2) is 11.9 Å². The Labute approximate surface area is 101 Å². The van der Waals surface area contributed by atoms with Crippen LogP contribution in [-0.2, 0) is 4.79 Å². The summed E-state index contributed by atoms with van der Waals surface area (Å²) in [5.74, 6) is -0.446. The molecule has 1 unspecified atom stereocenters. The predicted octanol–water partition coefficient (Wildman–Crippen LogP) is 2.13. The van der Waals surface area contributed by atoms with Gasteiger partial charge in [0.05, 0.1) is 12.1 Å². The highest BCUT2D eigenvalue weighted by Crippen LogP contribution is 2.13. The lowest BCUT2D eigenvalue weighted by Gasteiger charge is -2.17. The quantitative estimate of drug-likeness (QED) is 0.825. The number of carbonyl (C=O) groups is 1. The van der Waals surface area contributed by atoms with Gasteiger partial charge in [-0.15, -0.1) is 0 Å². The Balaban J connectivity index is 2.57. The molecular weight excluding hydrogens is 219 g/mol. The molecule has 0 aliphatic heterocycles. The average Bonchev–Trinajstić information content (AvgIpc) is 2.30. The number of carbonyl (C=O) groups excluding carboxylic acids is 1. The normalized spacial score (nSPS) is 14.1. The highest BCUT2D eigenvalue weighted by molar-refractivity contribution is 5.81. The molecule has 0 aliphatic rings. The van der Waals surface area contributed by atoms with E-state index in [0.717, 1.165) is 12.0 Å². The van der Waals surface area contributed by atoms with Crippen LogP contribution in [0.15, 0.2) is 24.3 Å². The maximum atomic E-state index is 12.7. The summed E-state index contributed by atoms with van der Waals surface area (Å²) in [5, 5.41) is 2.81. The molecule has 0 heterocycles. The molecule has 0 radical (unpaired) electrons. The van der Waals surface area contributed by atoms with Crippen LogP contribution in [0.5, 0.6) is 0 Å². The van der Waals surface area contributed by atoms with Crippen LogP contribution in [0, 0.1) is 5.82 Å². The molecule has 0 fully saturated rings. The Hall–Kier alpha value is -1.42. The highest BCUT2D eigenvalue weighted by atomic mass is 19.1. The SMILES string of the molecule is CCCC(N)C(=O)N[C@@H](C)c1ccc(F)cc1. The van der Waals surface area contributed by atoms with Crippen LogP contribution in [0.2, 0.25) is 0 Å². The van der Waals surface area contributed by atoms with Crippen molar-refractivity contribution < 1.29 is 9.18 Å². The first kappa shape index (κ1) is 13.6. The van der Waals surface area contributed by atoms with Gasteiger partial charge in [-0.05, 0) is 31.0 Å². The standard InChI is InChI=1S/C13H19FN2O/c1-3-4-12(15)13(17)16-9(2)10-5-7-11(14)8-6-10/h5-9,12H,3-4,15H2,1-2H3,(H,16,17)/t9-,12?/m0/s1. The van der Waals surface area contributed by atoms with Crippen LogP contribution >= 0.6 is 0 Å². The number of benzene rings is 1. The lowest BCUT2D eigenvalue weighted by atomic mass is 10.1. The molecule has 0 aliphatic carbocycles. The summed E-state index contributed by atoms with van der Waals surface area (Å²) in [7, 11) is 0. The molecule has 2 atom stereocenters. The van der Waals surface area contributed by atoms with Crippen LogP contribution in [0.1, 0.15) is 38.3 Å². The van der Waals surface area contributed by atoms with Gasteiger partial charge in [0, 0.05) is 0 Å². The molecule has 0 saturated carbocycles. The minimum absolute atomic E-state index is 0.161.